The summed E-state index contributed by atoms with van der Waals surface area (Å²) >= 11 is 17.9. The molecule has 106 valence electrons. The highest BCUT2D eigenvalue weighted by Crippen LogP contribution is 2.25. The number of hydrogen-bond acceptors (Lipinski definition) is 3. The summed E-state index contributed by atoms with van der Waals surface area (Å²) in [5.74, 6) is 0.753. The maximum absolute atomic E-state index is 6.01. The van der Waals surface area contributed by atoms with E-state index in [1.54, 1.807) is 6.07 Å². The van der Waals surface area contributed by atoms with E-state index in [1.807, 2.05) is 30.3 Å². The molecular formula is C15H10Cl3N3. The highest BCUT2D eigenvalue weighted by atomic mass is 35.5. The number of hydrogen-bond donors (Lipinski definition) is 1. The number of rotatable bonds is 3. The summed E-state index contributed by atoms with van der Waals surface area (Å²) < 4.78 is 0. The molecule has 0 fully saturated rings. The number of halogens is 3. The number of nitrogens with one attached hydrogen (secondary N) is 1. The first-order chi connectivity index (χ1) is 10.1. The average molecular weight is 339 g/mol. The molecule has 0 unspecified atom stereocenters. The van der Waals surface area contributed by atoms with Gasteiger partial charge < -0.3 is 5.32 Å². The molecule has 0 aliphatic heterocycles. The SMILES string of the molecule is Clc1ccc2c(NCc3ccc(Cl)c(Cl)c3)ncnc2c1. The van der Waals surface area contributed by atoms with Crippen molar-refractivity contribution in [2.24, 2.45) is 0 Å². The molecule has 2 aromatic carbocycles. The largest absolute Gasteiger partial charge is 0.365 e. The van der Waals surface area contributed by atoms with Crippen LogP contribution in [-0.2, 0) is 6.54 Å². The first kappa shape index (κ1) is 14.4. The summed E-state index contributed by atoms with van der Waals surface area (Å²) in [5, 5.41) is 5.92. The van der Waals surface area contributed by atoms with Crippen molar-refractivity contribution >= 4 is 51.5 Å². The maximum Gasteiger partial charge on any atom is 0.137 e. The van der Waals surface area contributed by atoms with E-state index in [4.69, 9.17) is 34.8 Å². The second-order valence-corrected chi connectivity index (χ2v) is 5.74. The van der Waals surface area contributed by atoms with Crippen LogP contribution >= 0.6 is 34.8 Å². The minimum atomic E-state index is 0.537. The second kappa shape index (κ2) is 6.06. The second-order valence-electron chi connectivity index (χ2n) is 4.49. The van der Waals surface area contributed by atoms with Gasteiger partial charge in [-0.05, 0) is 35.9 Å². The molecule has 1 heterocycles. The zero-order chi connectivity index (χ0) is 14.8. The van der Waals surface area contributed by atoms with Crippen LogP contribution in [0.3, 0.4) is 0 Å². The first-order valence-electron chi connectivity index (χ1n) is 6.21. The van der Waals surface area contributed by atoms with Gasteiger partial charge in [0.2, 0.25) is 0 Å². The lowest BCUT2D eigenvalue weighted by atomic mass is 10.2. The summed E-state index contributed by atoms with van der Waals surface area (Å²) in [6, 6.07) is 11.0. The Kier molecular flexibility index (Phi) is 4.15. The fourth-order valence-corrected chi connectivity index (χ4v) is 2.49. The zero-order valence-electron chi connectivity index (χ0n) is 10.8. The van der Waals surface area contributed by atoms with Crippen molar-refractivity contribution in [3.63, 3.8) is 0 Å². The zero-order valence-corrected chi connectivity index (χ0v) is 13.0. The van der Waals surface area contributed by atoms with Crippen molar-refractivity contribution in [1.29, 1.82) is 0 Å². The van der Waals surface area contributed by atoms with Gasteiger partial charge in [-0.3, -0.25) is 0 Å². The van der Waals surface area contributed by atoms with E-state index in [0.29, 0.717) is 21.6 Å². The van der Waals surface area contributed by atoms with Crippen molar-refractivity contribution < 1.29 is 0 Å². The minimum absolute atomic E-state index is 0.537. The predicted octanol–water partition coefficient (Wildman–Crippen LogP) is 5.20. The molecule has 0 aliphatic carbocycles. The fraction of sp³-hybridized carbons (Fsp3) is 0.0667. The summed E-state index contributed by atoms with van der Waals surface area (Å²) in [6.45, 7) is 0.589. The van der Waals surface area contributed by atoms with Crippen molar-refractivity contribution in [3.05, 3.63) is 63.4 Å². The minimum Gasteiger partial charge on any atom is -0.365 e. The van der Waals surface area contributed by atoms with Gasteiger partial charge in [0.1, 0.15) is 12.1 Å². The van der Waals surface area contributed by atoms with E-state index in [-0.39, 0.29) is 0 Å². The lowest BCUT2D eigenvalue weighted by Crippen LogP contribution is -2.02. The van der Waals surface area contributed by atoms with Crippen LogP contribution in [0.1, 0.15) is 5.56 Å². The molecule has 1 aromatic heterocycles. The van der Waals surface area contributed by atoms with Crippen molar-refractivity contribution in [2.45, 2.75) is 6.54 Å². The molecule has 3 nitrogen and oxygen atoms in total. The Morgan fingerprint density at radius 1 is 0.905 bits per heavy atom. The van der Waals surface area contributed by atoms with Crippen LogP contribution in [-0.4, -0.2) is 9.97 Å². The molecule has 21 heavy (non-hydrogen) atoms. The van der Waals surface area contributed by atoms with E-state index in [2.05, 4.69) is 15.3 Å². The van der Waals surface area contributed by atoms with Gasteiger partial charge in [-0.15, -0.1) is 0 Å². The highest BCUT2D eigenvalue weighted by molar-refractivity contribution is 6.42. The molecular weight excluding hydrogens is 329 g/mol. The van der Waals surface area contributed by atoms with E-state index < -0.39 is 0 Å². The van der Waals surface area contributed by atoms with Gasteiger partial charge in [-0.2, -0.15) is 0 Å². The third-order valence-electron chi connectivity index (χ3n) is 3.04. The number of fused-ring (bicyclic) bond motifs is 1. The molecule has 0 spiro atoms. The van der Waals surface area contributed by atoms with Gasteiger partial charge in [0, 0.05) is 17.0 Å². The molecule has 0 aliphatic rings. The number of nitrogens with zero attached hydrogens (tertiary/aromatic N) is 2. The summed E-state index contributed by atoms with van der Waals surface area (Å²) in [7, 11) is 0. The maximum atomic E-state index is 6.01. The van der Waals surface area contributed by atoms with Gasteiger partial charge in [-0.1, -0.05) is 40.9 Å². The first-order valence-corrected chi connectivity index (χ1v) is 7.35. The lowest BCUT2D eigenvalue weighted by molar-refractivity contribution is 1.10. The van der Waals surface area contributed by atoms with E-state index in [1.165, 1.54) is 6.33 Å². The van der Waals surface area contributed by atoms with E-state index in [0.717, 1.165) is 22.3 Å². The van der Waals surface area contributed by atoms with Crippen LogP contribution in [0, 0.1) is 0 Å². The standard InChI is InChI=1S/C15H10Cl3N3/c16-10-2-3-11-14(6-10)20-8-21-15(11)19-7-9-1-4-12(17)13(18)5-9/h1-6,8H,7H2,(H,19,20,21). The number of benzene rings is 2. The van der Waals surface area contributed by atoms with Gasteiger partial charge in [0.15, 0.2) is 0 Å². The van der Waals surface area contributed by atoms with Crippen LogP contribution < -0.4 is 5.32 Å². The third-order valence-corrected chi connectivity index (χ3v) is 4.02. The van der Waals surface area contributed by atoms with E-state index >= 15 is 0 Å². The normalized spacial score (nSPS) is 10.8. The Bertz CT molecular complexity index is 805. The summed E-state index contributed by atoms with van der Waals surface area (Å²) in [4.78, 5) is 8.48. The molecule has 0 saturated heterocycles. The Morgan fingerprint density at radius 3 is 2.57 bits per heavy atom. The molecule has 0 saturated carbocycles. The van der Waals surface area contributed by atoms with Gasteiger partial charge in [-0.25, -0.2) is 9.97 Å². The van der Waals surface area contributed by atoms with Crippen LogP contribution in [0.15, 0.2) is 42.7 Å². The summed E-state index contributed by atoms with van der Waals surface area (Å²) in [6.07, 6.45) is 1.51. The molecule has 1 N–H and O–H groups in total. The van der Waals surface area contributed by atoms with Gasteiger partial charge >= 0.3 is 0 Å². The number of anilines is 1. The lowest BCUT2D eigenvalue weighted by Gasteiger charge is -2.09. The summed E-state index contributed by atoms with van der Waals surface area (Å²) in [5.41, 5.74) is 1.82. The molecule has 0 radical (unpaired) electrons. The smallest absolute Gasteiger partial charge is 0.137 e. The van der Waals surface area contributed by atoms with E-state index in [9.17, 15) is 0 Å². The Balaban J connectivity index is 1.86. The highest BCUT2D eigenvalue weighted by Gasteiger charge is 2.05. The fourth-order valence-electron chi connectivity index (χ4n) is 2.01. The Morgan fingerprint density at radius 2 is 1.76 bits per heavy atom. The molecule has 0 amide bonds. The molecule has 0 atom stereocenters. The Labute approximate surface area is 136 Å². The van der Waals surface area contributed by atoms with Crippen LogP contribution in [0.4, 0.5) is 5.82 Å². The monoisotopic (exact) mass is 337 g/mol. The van der Waals surface area contributed by atoms with Crippen LogP contribution in [0.25, 0.3) is 10.9 Å². The van der Waals surface area contributed by atoms with Crippen molar-refractivity contribution in [3.8, 4) is 0 Å². The quantitative estimate of drug-likeness (QED) is 0.713. The molecule has 6 heteroatoms. The average Bonchev–Trinajstić information content (AvgIpc) is 2.48. The van der Waals surface area contributed by atoms with Crippen molar-refractivity contribution in [2.75, 3.05) is 5.32 Å². The topological polar surface area (TPSA) is 37.8 Å². The molecule has 3 aromatic rings. The van der Waals surface area contributed by atoms with Crippen molar-refractivity contribution in [1.82, 2.24) is 9.97 Å². The predicted molar refractivity (Wildman–Crippen MR) is 88.3 cm³/mol. The van der Waals surface area contributed by atoms with Crippen LogP contribution in [0.5, 0.6) is 0 Å². The molecule has 0 bridgehead atoms. The number of aromatic nitrogens is 2. The Hall–Kier alpha value is -1.55. The van der Waals surface area contributed by atoms with Crippen LogP contribution in [0.2, 0.25) is 15.1 Å². The van der Waals surface area contributed by atoms with Gasteiger partial charge in [0.25, 0.3) is 0 Å². The van der Waals surface area contributed by atoms with Gasteiger partial charge in [0.05, 0.1) is 15.6 Å². The third kappa shape index (κ3) is 3.21. The molecule has 3 rings (SSSR count).